The van der Waals surface area contributed by atoms with Crippen molar-refractivity contribution < 1.29 is 53.4 Å². The Bertz CT molecular complexity index is 1750. The second-order valence-electron chi connectivity index (χ2n) is 11.1. The molecule has 0 fully saturated rings. The third-order valence-corrected chi connectivity index (χ3v) is 7.33. The molecule has 0 aliphatic rings. The monoisotopic (exact) mass is 686 g/mol. The number of ether oxygens (including phenoxy) is 1. The van der Waals surface area contributed by atoms with Crippen molar-refractivity contribution in [3.8, 4) is 5.75 Å². The van der Waals surface area contributed by atoms with Gasteiger partial charge in [-0.2, -0.15) is 30.7 Å². The van der Waals surface area contributed by atoms with Crippen molar-refractivity contribution in [1.29, 1.82) is 0 Å². The fraction of sp³-hybridized carbons (Fsp3) is 0.265. The van der Waals surface area contributed by atoms with Gasteiger partial charge < -0.3 is 15.4 Å². The van der Waals surface area contributed by atoms with E-state index in [1.807, 2.05) is 0 Å². The van der Waals surface area contributed by atoms with Crippen LogP contribution in [0.5, 0.6) is 5.75 Å². The first-order chi connectivity index (χ1) is 22.4. The Morgan fingerprint density at radius 3 is 2.06 bits per heavy atom. The number of benzene rings is 4. The van der Waals surface area contributed by atoms with E-state index in [0.29, 0.717) is 17.7 Å². The maximum atomic E-state index is 15.4. The minimum atomic E-state index is -5.24. The molecular weight excluding hydrogens is 658 g/mol. The van der Waals surface area contributed by atoms with E-state index in [1.54, 1.807) is 32.0 Å². The van der Waals surface area contributed by atoms with Crippen LogP contribution in [0.15, 0.2) is 84.9 Å². The molecule has 0 spiro atoms. The van der Waals surface area contributed by atoms with Gasteiger partial charge in [0.15, 0.2) is 11.6 Å². The predicted octanol–water partition coefficient (Wildman–Crippen LogP) is 8.77. The van der Waals surface area contributed by atoms with Crippen LogP contribution in [0.1, 0.15) is 52.0 Å². The number of halogens is 10. The Kier molecular flexibility index (Phi) is 10.8. The Hall–Kier alpha value is -4.59. The fourth-order valence-corrected chi connectivity index (χ4v) is 5.01. The van der Waals surface area contributed by atoms with Crippen LogP contribution in [0.3, 0.4) is 0 Å². The summed E-state index contributed by atoms with van der Waals surface area (Å²) in [4.78, 5) is 13.9. The molecule has 0 bridgehead atoms. The summed E-state index contributed by atoms with van der Waals surface area (Å²) in [5, 5.41) is 5.46. The number of alkyl halides is 7. The summed E-state index contributed by atoms with van der Waals surface area (Å²) in [6, 6.07) is 14.8. The lowest BCUT2D eigenvalue weighted by Gasteiger charge is -2.38. The summed E-state index contributed by atoms with van der Waals surface area (Å²) in [7, 11) is 0. The molecule has 48 heavy (non-hydrogen) atoms. The molecule has 1 amide bonds. The fourth-order valence-electron chi connectivity index (χ4n) is 5.01. The van der Waals surface area contributed by atoms with E-state index < -0.39 is 76.5 Å². The van der Waals surface area contributed by atoms with Crippen LogP contribution < -0.4 is 15.4 Å². The van der Waals surface area contributed by atoms with E-state index in [4.69, 9.17) is 0 Å². The van der Waals surface area contributed by atoms with Crippen molar-refractivity contribution >= 4 is 5.91 Å². The molecule has 4 aromatic carbocycles. The highest BCUT2D eigenvalue weighted by Crippen LogP contribution is 2.43. The van der Waals surface area contributed by atoms with E-state index in [9.17, 15) is 39.9 Å². The topological polar surface area (TPSA) is 50.4 Å². The third-order valence-electron chi connectivity index (χ3n) is 7.33. The SMILES string of the molecule is CC(C)NCc1cc([C@@](Cc2ccccc2)(NC(=O)c2ccc(F)c(C(F)(F)F)c2)c2cccc(F)c2OC(F)(F)C(F)F)ccc1F. The molecule has 4 rings (SSSR count). The molecule has 0 radical (unpaired) electrons. The van der Waals surface area contributed by atoms with Gasteiger partial charge in [-0.1, -0.05) is 62.4 Å². The Morgan fingerprint density at radius 1 is 0.771 bits per heavy atom. The molecule has 0 aliphatic carbocycles. The average Bonchev–Trinajstić information content (AvgIpc) is 3.01. The number of amides is 1. The smallest absolute Gasteiger partial charge is 0.425 e. The van der Waals surface area contributed by atoms with Crippen molar-refractivity contribution in [3.05, 3.63) is 136 Å². The molecule has 256 valence electrons. The third kappa shape index (κ3) is 8.09. The lowest BCUT2D eigenvalue weighted by atomic mass is 9.76. The summed E-state index contributed by atoms with van der Waals surface area (Å²) in [6.45, 7) is 3.42. The van der Waals surface area contributed by atoms with Crippen LogP contribution in [0.25, 0.3) is 0 Å². The number of carbonyl (C=O) groups excluding carboxylic acids is 1. The van der Waals surface area contributed by atoms with Crippen LogP contribution >= 0.6 is 0 Å². The van der Waals surface area contributed by atoms with Gasteiger partial charge in [0.1, 0.15) is 11.6 Å². The van der Waals surface area contributed by atoms with Crippen molar-refractivity contribution in [2.24, 2.45) is 0 Å². The Morgan fingerprint density at radius 2 is 1.44 bits per heavy atom. The summed E-state index contributed by atoms with van der Waals surface area (Å²) in [5.41, 5.74) is -5.33. The first-order valence-corrected chi connectivity index (χ1v) is 14.3. The first kappa shape index (κ1) is 36.2. The molecule has 0 aliphatic heterocycles. The molecule has 14 heteroatoms. The number of nitrogens with one attached hydrogen (secondary N) is 2. The van der Waals surface area contributed by atoms with Gasteiger partial charge in [-0.3, -0.25) is 4.79 Å². The standard InChI is InChI=1S/C34H28F10N2O2/c1-19(2)45-18-22-15-23(12-14-26(22)35)32(17-20-7-4-3-5-8-20,24-9-6-10-28(37)29(24)48-34(43,44)31(38)39)46-30(47)21-11-13-27(36)25(16-21)33(40,41)42/h3-16,19,31,45H,17-18H2,1-2H3,(H,46,47)/t32-/m1/s1. The normalized spacial score (nSPS) is 13.5. The second kappa shape index (κ2) is 14.3. The molecule has 0 saturated carbocycles. The van der Waals surface area contributed by atoms with E-state index in [0.717, 1.165) is 30.3 Å². The highest BCUT2D eigenvalue weighted by atomic mass is 19.4. The number of rotatable bonds is 12. The second-order valence-corrected chi connectivity index (χ2v) is 11.1. The van der Waals surface area contributed by atoms with Gasteiger partial charge in [0, 0.05) is 35.7 Å². The van der Waals surface area contributed by atoms with Gasteiger partial charge in [-0.15, -0.1) is 0 Å². The zero-order valence-electron chi connectivity index (χ0n) is 25.2. The predicted molar refractivity (Wildman–Crippen MR) is 156 cm³/mol. The number of hydrogen-bond donors (Lipinski definition) is 2. The maximum absolute atomic E-state index is 15.4. The van der Waals surface area contributed by atoms with Crippen molar-refractivity contribution in [2.75, 3.05) is 0 Å². The minimum absolute atomic E-state index is 0.0224. The molecule has 0 unspecified atom stereocenters. The minimum Gasteiger partial charge on any atom is -0.425 e. The van der Waals surface area contributed by atoms with E-state index in [-0.39, 0.29) is 29.8 Å². The van der Waals surface area contributed by atoms with E-state index in [1.165, 1.54) is 18.2 Å². The molecule has 2 N–H and O–H groups in total. The van der Waals surface area contributed by atoms with Crippen molar-refractivity contribution in [2.45, 2.75) is 57.1 Å². The van der Waals surface area contributed by atoms with Crippen LogP contribution in [0.2, 0.25) is 0 Å². The van der Waals surface area contributed by atoms with E-state index in [2.05, 4.69) is 15.4 Å². The van der Waals surface area contributed by atoms with Gasteiger partial charge in [0.2, 0.25) is 0 Å². The molecular formula is C34H28F10N2O2. The lowest BCUT2D eigenvalue weighted by Crippen LogP contribution is -2.49. The number of carbonyl (C=O) groups is 1. The molecule has 4 aromatic rings. The van der Waals surface area contributed by atoms with Gasteiger partial charge in [0.05, 0.1) is 11.1 Å². The maximum Gasteiger partial charge on any atom is 0.461 e. The van der Waals surface area contributed by atoms with Crippen molar-refractivity contribution in [1.82, 2.24) is 10.6 Å². The zero-order valence-corrected chi connectivity index (χ0v) is 25.2. The van der Waals surface area contributed by atoms with E-state index >= 15 is 8.78 Å². The van der Waals surface area contributed by atoms with Gasteiger partial charge in [-0.05, 0) is 47.5 Å². The molecule has 0 heterocycles. The molecule has 1 atom stereocenters. The number of para-hydroxylation sites is 1. The summed E-state index contributed by atoms with van der Waals surface area (Å²) in [6.07, 6.45) is -15.4. The van der Waals surface area contributed by atoms with Crippen LogP contribution in [-0.2, 0) is 24.7 Å². The van der Waals surface area contributed by atoms with Gasteiger partial charge >= 0.3 is 18.7 Å². The van der Waals surface area contributed by atoms with Gasteiger partial charge in [0.25, 0.3) is 5.91 Å². The van der Waals surface area contributed by atoms with Crippen LogP contribution in [-0.4, -0.2) is 24.5 Å². The average molecular weight is 687 g/mol. The molecule has 0 aromatic heterocycles. The Labute approximate surface area is 268 Å². The first-order valence-electron chi connectivity index (χ1n) is 14.3. The van der Waals surface area contributed by atoms with Crippen LogP contribution in [0.4, 0.5) is 43.9 Å². The van der Waals surface area contributed by atoms with Gasteiger partial charge in [-0.25, -0.2) is 13.2 Å². The highest BCUT2D eigenvalue weighted by Gasteiger charge is 2.48. The molecule has 0 saturated heterocycles. The highest BCUT2D eigenvalue weighted by molar-refractivity contribution is 5.95. The summed E-state index contributed by atoms with van der Waals surface area (Å²) >= 11 is 0. The molecule has 4 nitrogen and oxygen atoms in total. The Balaban J connectivity index is 2.06. The van der Waals surface area contributed by atoms with Crippen LogP contribution in [0, 0.1) is 17.5 Å². The lowest BCUT2D eigenvalue weighted by molar-refractivity contribution is -0.254. The number of hydrogen-bond acceptors (Lipinski definition) is 3. The zero-order chi connectivity index (χ0) is 35.4. The quantitative estimate of drug-likeness (QED) is 0.147. The van der Waals surface area contributed by atoms with Crippen molar-refractivity contribution in [3.63, 3.8) is 0 Å². The largest absolute Gasteiger partial charge is 0.461 e. The summed E-state index contributed by atoms with van der Waals surface area (Å²) in [5.74, 6) is -6.74. The summed E-state index contributed by atoms with van der Waals surface area (Å²) < 4.78 is 145.